The van der Waals surface area contributed by atoms with E-state index in [1.165, 1.54) is 6.07 Å². The zero-order valence-electron chi connectivity index (χ0n) is 8.65. The molecule has 0 bridgehead atoms. The van der Waals surface area contributed by atoms with Gasteiger partial charge in [-0.3, -0.25) is 4.72 Å². The lowest BCUT2D eigenvalue weighted by Gasteiger charge is -2.06. The predicted octanol–water partition coefficient (Wildman–Crippen LogP) is 4.57. The number of hydrogen-bond acceptors (Lipinski definition) is 3. The SMILES string of the molecule is O=S(=O)(Nc1cccc(I)c1)c1cc(Cl)c(Br)s1. The van der Waals surface area contributed by atoms with Crippen LogP contribution in [0.1, 0.15) is 0 Å². The molecule has 1 heterocycles. The minimum absolute atomic E-state index is 0.179. The summed E-state index contributed by atoms with van der Waals surface area (Å²) in [6.07, 6.45) is 0. The number of hydrogen-bond donors (Lipinski definition) is 1. The molecule has 0 saturated heterocycles. The van der Waals surface area contributed by atoms with Crippen molar-refractivity contribution in [2.75, 3.05) is 4.72 Å². The van der Waals surface area contributed by atoms with Crippen LogP contribution in [0.3, 0.4) is 0 Å². The van der Waals surface area contributed by atoms with Gasteiger partial charge in [-0.15, -0.1) is 11.3 Å². The largest absolute Gasteiger partial charge is 0.279 e. The van der Waals surface area contributed by atoms with E-state index >= 15 is 0 Å². The molecular formula is C10H6BrClINO2S2. The average Bonchev–Trinajstić information content (AvgIpc) is 2.59. The molecule has 0 aliphatic rings. The monoisotopic (exact) mass is 477 g/mol. The van der Waals surface area contributed by atoms with Crippen molar-refractivity contribution in [2.24, 2.45) is 0 Å². The number of thiophene rings is 1. The second-order valence-electron chi connectivity index (χ2n) is 3.30. The minimum Gasteiger partial charge on any atom is -0.279 e. The lowest BCUT2D eigenvalue weighted by atomic mass is 10.3. The Morgan fingerprint density at radius 2 is 2.06 bits per heavy atom. The fourth-order valence-corrected chi connectivity index (χ4v) is 5.21. The van der Waals surface area contributed by atoms with Gasteiger partial charge in [-0.2, -0.15) is 0 Å². The van der Waals surface area contributed by atoms with Crippen molar-refractivity contribution >= 4 is 77.2 Å². The van der Waals surface area contributed by atoms with Gasteiger partial charge in [0, 0.05) is 9.26 Å². The summed E-state index contributed by atoms with van der Waals surface area (Å²) < 4.78 is 28.4. The number of sulfonamides is 1. The minimum atomic E-state index is -3.58. The van der Waals surface area contributed by atoms with Crippen LogP contribution in [0.2, 0.25) is 5.02 Å². The summed E-state index contributed by atoms with van der Waals surface area (Å²) in [5, 5.41) is 0.392. The summed E-state index contributed by atoms with van der Waals surface area (Å²) in [7, 11) is -3.58. The molecule has 0 saturated carbocycles. The normalized spacial score (nSPS) is 11.5. The van der Waals surface area contributed by atoms with E-state index in [4.69, 9.17) is 11.6 Å². The van der Waals surface area contributed by atoms with E-state index in [1.807, 2.05) is 6.07 Å². The van der Waals surface area contributed by atoms with E-state index in [1.54, 1.807) is 18.2 Å². The van der Waals surface area contributed by atoms with Gasteiger partial charge >= 0.3 is 0 Å². The molecular weight excluding hydrogens is 473 g/mol. The summed E-state index contributed by atoms with van der Waals surface area (Å²) >= 11 is 12.2. The number of anilines is 1. The first kappa shape index (κ1) is 14.6. The van der Waals surface area contributed by atoms with E-state index in [2.05, 4.69) is 43.2 Å². The fourth-order valence-electron chi connectivity index (χ4n) is 1.22. The lowest BCUT2D eigenvalue weighted by molar-refractivity contribution is 0.603. The molecule has 96 valence electrons. The van der Waals surface area contributed by atoms with Crippen LogP contribution >= 0.6 is 61.5 Å². The molecule has 2 aromatic rings. The zero-order valence-corrected chi connectivity index (χ0v) is 14.8. The van der Waals surface area contributed by atoms with Crippen LogP contribution in [0.5, 0.6) is 0 Å². The van der Waals surface area contributed by atoms with Crippen molar-refractivity contribution in [2.45, 2.75) is 4.21 Å². The average molecular weight is 479 g/mol. The number of halogens is 3. The summed E-state index contributed by atoms with van der Waals surface area (Å²) in [4.78, 5) is 0. The summed E-state index contributed by atoms with van der Waals surface area (Å²) in [6, 6.07) is 8.55. The molecule has 1 aromatic heterocycles. The Hall–Kier alpha value is 0.170. The molecule has 1 N–H and O–H groups in total. The van der Waals surface area contributed by atoms with Crippen molar-refractivity contribution in [3.05, 3.63) is 42.7 Å². The van der Waals surface area contributed by atoms with E-state index < -0.39 is 10.0 Å². The predicted molar refractivity (Wildman–Crippen MR) is 87.0 cm³/mol. The van der Waals surface area contributed by atoms with E-state index in [9.17, 15) is 8.42 Å². The Balaban J connectivity index is 2.33. The number of benzene rings is 1. The van der Waals surface area contributed by atoms with Gasteiger partial charge in [0.1, 0.15) is 4.21 Å². The maximum atomic E-state index is 12.1. The van der Waals surface area contributed by atoms with Gasteiger partial charge < -0.3 is 0 Å². The summed E-state index contributed by atoms with van der Waals surface area (Å²) in [5.74, 6) is 0. The first-order valence-electron chi connectivity index (χ1n) is 4.62. The van der Waals surface area contributed by atoms with Crippen molar-refractivity contribution in [3.63, 3.8) is 0 Å². The highest BCUT2D eigenvalue weighted by atomic mass is 127. The Kier molecular flexibility index (Phi) is 4.58. The quantitative estimate of drug-likeness (QED) is 0.657. The molecule has 0 amide bonds. The van der Waals surface area contributed by atoms with Gasteiger partial charge in [-0.25, -0.2) is 8.42 Å². The second-order valence-corrected chi connectivity index (χ2v) is 9.24. The van der Waals surface area contributed by atoms with Crippen molar-refractivity contribution in [1.82, 2.24) is 0 Å². The fraction of sp³-hybridized carbons (Fsp3) is 0. The molecule has 2 rings (SSSR count). The van der Waals surface area contributed by atoms with E-state index in [0.717, 1.165) is 14.9 Å². The molecule has 0 aliphatic heterocycles. The van der Waals surface area contributed by atoms with Crippen LogP contribution in [0, 0.1) is 3.57 Å². The molecule has 0 radical (unpaired) electrons. The van der Waals surface area contributed by atoms with E-state index in [-0.39, 0.29) is 4.21 Å². The van der Waals surface area contributed by atoms with Gasteiger partial charge in [0.05, 0.1) is 8.81 Å². The van der Waals surface area contributed by atoms with E-state index in [0.29, 0.717) is 14.5 Å². The first-order valence-corrected chi connectivity index (χ1v) is 9.16. The van der Waals surface area contributed by atoms with Crippen molar-refractivity contribution < 1.29 is 8.42 Å². The first-order chi connectivity index (χ1) is 8.38. The second kappa shape index (κ2) is 5.66. The maximum Gasteiger partial charge on any atom is 0.271 e. The van der Waals surface area contributed by atoms with Crippen LogP contribution in [0.15, 0.2) is 38.3 Å². The molecule has 0 unspecified atom stereocenters. The molecule has 0 aliphatic carbocycles. The maximum absolute atomic E-state index is 12.1. The lowest BCUT2D eigenvalue weighted by Crippen LogP contribution is -2.11. The Bertz CT molecular complexity index is 667. The third kappa shape index (κ3) is 3.38. The topological polar surface area (TPSA) is 46.2 Å². The van der Waals surface area contributed by atoms with Gasteiger partial charge in [-0.05, 0) is 62.8 Å². The standard InChI is InChI=1S/C10H6BrClINO2S2/c11-10-8(12)5-9(17-10)18(15,16)14-7-3-1-2-6(13)4-7/h1-5,14H. The number of rotatable bonds is 3. The Morgan fingerprint density at radius 3 is 2.61 bits per heavy atom. The van der Waals surface area contributed by atoms with Crippen LogP contribution in [0.25, 0.3) is 0 Å². The third-order valence-electron chi connectivity index (χ3n) is 1.96. The molecule has 3 nitrogen and oxygen atoms in total. The van der Waals surface area contributed by atoms with Crippen LogP contribution in [0.4, 0.5) is 5.69 Å². The summed E-state index contributed by atoms with van der Waals surface area (Å²) in [6.45, 7) is 0. The molecule has 0 spiro atoms. The number of nitrogens with one attached hydrogen (secondary N) is 1. The third-order valence-corrected chi connectivity index (χ3v) is 6.96. The molecule has 1 aromatic carbocycles. The smallest absolute Gasteiger partial charge is 0.271 e. The Labute approximate surface area is 136 Å². The molecule has 8 heteroatoms. The van der Waals surface area contributed by atoms with Gasteiger partial charge in [-0.1, -0.05) is 17.7 Å². The molecule has 0 atom stereocenters. The molecule has 0 fully saturated rings. The van der Waals surface area contributed by atoms with Crippen molar-refractivity contribution in [1.29, 1.82) is 0 Å². The highest BCUT2D eigenvalue weighted by molar-refractivity contribution is 14.1. The van der Waals surface area contributed by atoms with Crippen LogP contribution in [-0.2, 0) is 10.0 Å². The zero-order chi connectivity index (χ0) is 13.3. The van der Waals surface area contributed by atoms with Crippen LogP contribution < -0.4 is 4.72 Å². The Morgan fingerprint density at radius 1 is 1.33 bits per heavy atom. The summed E-state index contributed by atoms with van der Waals surface area (Å²) in [5.41, 5.74) is 0.530. The van der Waals surface area contributed by atoms with Gasteiger partial charge in [0.25, 0.3) is 10.0 Å². The van der Waals surface area contributed by atoms with Gasteiger partial charge in [0.2, 0.25) is 0 Å². The van der Waals surface area contributed by atoms with Gasteiger partial charge in [0.15, 0.2) is 0 Å². The molecule has 18 heavy (non-hydrogen) atoms. The highest BCUT2D eigenvalue weighted by Gasteiger charge is 2.19. The van der Waals surface area contributed by atoms with Crippen molar-refractivity contribution in [3.8, 4) is 0 Å². The van der Waals surface area contributed by atoms with Crippen LogP contribution in [-0.4, -0.2) is 8.42 Å². The highest BCUT2D eigenvalue weighted by Crippen LogP contribution is 2.35.